The van der Waals surface area contributed by atoms with Gasteiger partial charge >= 0.3 is 0 Å². The normalized spacial score (nSPS) is 10.2. The first-order valence-corrected chi connectivity index (χ1v) is 8.81. The van der Waals surface area contributed by atoms with Gasteiger partial charge in [0.2, 0.25) is 11.8 Å². The molecule has 0 aromatic heterocycles. The van der Waals surface area contributed by atoms with Crippen LogP contribution in [0.4, 0.5) is 0 Å². The molecule has 0 fully saturated rings. The predicted molar refractivity (Wildman–Crippen MR) is 104 cm³/mol. The second-order valence-electron chi connectivity index (χ2n) is 6.09. The van der Waals surface area contributed by atoms with Crippen molar-refractivity contribution in [2.75, 3.05) is 27.3 Å². The zero-order valence-electron chi connectivity index (χ0n) is 16.0. The van der Waals surface area contributed by atoms with E-state index in [1.807, 2.05) is 48.5 Å². The molecule has 2 aromatic carbocycles. The molecule has 0 saturated heterocycles. The van der Waals surface area contributed by atoms with Gasteiger partial charge < -0.3 is 19.7 Å². The largest absolute Gasteiger partial charge is 0.496 e. The van der Waals surface area contributed by atoms with Gasteiger partial charge in [-0.15, -0.1) is 0 Å². The predicted octanol–water partition coefficient (Wildman–Crippen LogP) is 2.41. The van der Waals surface area contributed by atoms with E-state index >= 15 is 0 Å². The highest BCUT2D eigenvalue weighted by molar-refractivity contribution is 5.83. The Morgan fingerprint density at radius 3 is 2.07 bits per heavy atom. The number of nitrogens with one attached hydrogen (secondary N) is 1. The molecule has 0 atom stereocenters. The number of hydrogen-bond donors (Lipinski definition) is 1. The minimum absolute atomic E-state index is 0.0135. The third-order valence-electron chi connectivity index (χ3n) is 4.29. The third kappa shape index (κ3) is 6.02. The fourth-order valence-corrected chi connectivity index (χ4v) is 2.78. The SMILES string of the molecule is COc1ccccc1CCN(CC(=O)NCc1ccccc1OC)C(C)=O. The van der Waals surface area contributed by atoms with E-state index in [-0.39, 0.29) is 18.4 Å². The molecule has 0 aliphatic heterocycles. The van der Waals surface area contributed by atoms with Gasteiger partial charge in [-0.05, 0) is 24.1 Å². The summed E-state index contributed by atoms with van der Waals surface area (Å²) in [5.41, 5.74) is 1.89. The number of nitrogens with zero attached hydrogens (tertiary/aromatic N) is 1. The van der Waals surface area contributed by atoms with Crippen LogP contribution >= 0.6 is 0 Å². The molecule has 0 bridgehead atoms. The Morgan fingerprint density at radius 1 is 0.926 bits per heavy atom. The maximum Gasteiger partial charge on any atom is 0.239 e. The quantitative estimate of drug-likeness (QED) is 0.736. The van der Waals surface area contributed by atoms with Crippen molar-refractivity contribution in [1.82, 2.24) is 10.2 Å². The van der Waals surface area contributed by atoms with Crippen LogP contribution in [0.25, 0.3) is 0 Å². The van der Waals surface area contributed by atoms with E-state index in [0.717, 1.165) is 22.6 Å². The summed E-state index contributed by atoms with van der Waals surface area (Å²) < 4.78 is 10.6. The van der Waals surface area contributed by atoms with E-state index in [0.29, 0.717) is 19.5 Å². The van der Waals surface area contributed by atoms with Crippen molar-refractivity contribution < 1.29 is 19.1 Å². The molecule has 27 heavy (non-hydrogen) atoms. The molecule has 1 N–H and O–H groups in total. The van der Waals surface area contributed by atoms with E-state index in [1.54, 1.807) is 14.2 Å². The Balaban J connectivity index is 1.91. The van der Waals surface area contributed by atoms with Crippen LogP contribution in [-0.4, -0.2) is 44.0 Å². The molecular formula is C21H26N2O4. The van der Waals surface area contributed by atoms with Gasteiger partial charge in [-0.2, -0.15) is 0 Å². The van der Waals surface area contributed by atoms with Gasteiger partial charge in [-0.25, -0.2) is 0 Å². The van der Waals surface area contributed by atoms with Crippen molar-refractivity contribution in [1.29, 1.82) is 0 Å². The van der Waals surface area contributed by atoms with E-state index < -0.39 is 0 Å². The van der Waals surface area contributed by atoms with Gasteiger partial charge in [0, 0.05) is 25.6 Å². The molecule has 0 spiro atoms. The number of benzene rings is 2. The van der Waals surface area contributed by atoms with Gasteiger partial charge in [0.15, 0.2) is 0 Å². The summed E-state index contributed by atoms with van der Waals surface area (Å²) in [5, 5.41) is 2.84. The van der Waals surface area contributed by atoms with Gasteiger partial charge in [0.25, 0.3) is 0 Å². The Hall–Kier alpha value is -3.02. The van der Waals surface area contributed by atoms with Crippen LogP contribution in [0.15, 0.2) is 48.5 Å². The molecular weight excluding hydrogens is 344 g/mol. The lowest BCUT2D eigenvalue weighted by Gasteiger charge is -2.21. The van der Waals surface area contributed by atoms with Crippen molar-refractivity contribution in [3.63, 3.8) is 0 Å². The first-order chi connectivity index (χ1) is 13.0. The first kappa shape index (κ1) is 20.3. The van der Waals surface area contributed by atoms with Crippen LogP contribution in [0.3, 0.4) is 0 Å². The fourth-order valence-electron chi connectivity index (χ4n) is 2.78. The summed E-state index contributed by atoms with van der Waals surface area (Å²) in [6.07, 6.45) is 0.614. The third-order valence-corrected chi connectivity index (χ3v) is 4.29. The second-order valence-corrected chi connectivity index (χ2v) is 6.09. The van der Waals surface area contributed by atoms with Crippen LogP contribution < -0.4 is 14.8 Å². The molecule has 144 valence electrons. The summed E-state index contributed by atoms with van der Waals surface area (Å²) in [6, 6.07) is 15.2. The van der Waals surface area contributed by atoms with Crippen molar-refractivity contribution >= 4 is 11.8 Å². The Labute approximate surface area is 160 Å². The highest BCUT2D eigenvalue weighted by atomic mass is 16.5. The minimum atomic E-state index is -0.212. The van der Waals surface area contributed by atoms with Crippen molar-refractivity contribution in [3.8, 4) is 11.5 Å². The van der Waals surface area contributed by atoms with E-state index in [2.05, 4.69) is 5.32 Å². The maximum atomic E-state index is 12.3. The minimum Gasteiger partial charge on any atom is -0.496 e. The molecule has 2 aromatic rings. The van der Waals surface area contributed by atoms with Crippen molar-refractivity contribution in [2.45, 2.75) is 19.9 Å². The number of rotatable bonds is 9. The first-order valence-electron chi connectivity index (χ1n) is 8.81. The molecule has 0 heterocycles. The van der Waals surface area contributed by atoms with E-state index in [4.69, 9.17) is 9.47 Å². The fraction of sp³-hybridized carbons (Fsp3) is 0.333. The molecule has 0 aliphatic carbocycles. The maximum absolute atomic E-state index is 12.3. The van der Waals surface area contributed by atoms with Crippen LogP contribution in [0.5, 0.6) is 11.5 Å². The Bertz CT molecular complexity index is 776. The summed E-state index contributed by atoms with van der Waals surface area (Å²) >= 11 is 0. The summed E-state index contributed by atoms with van der Waals surface area (Å²) in [4.78, 5) is 25.8. The molecule has 0 saturated carbocycles. The number of carbonyl (C=O) groups excluding carboxylic acids is 2. The Kier molecular flexibility index (Phi) is 7.67. The summed E-state index contributed by atoms with van der Waals surface area (Å²) in [6.45, 7) is 2.27. The molecule has 2 rings (SSSR count). The van der Waals surface area contributed by atoms with Gasteiger partial charge in [-0.1, -0.05) is 36.4 Å². The summed E-state index contributed by atoms with van der Waals surface area (Å²) in [5.74, 6) is 1.15. The zero-order chi connectivity index (χ0) is 19.6. The number of ether oxygens (including phenoxy) is 2. The second kappa shape index (κ2) is 10.2. The van der Waals surface area contributed by atoms with Gasteiger partial charge in [0.1, 0.15) is 11.5 Å². The highest BCUT2D eigenvalue weighted by Gasteiger charge is 2.15. The Morgan fingerprint density at radius 2 is 1.48 bits per heavy atom. The lowest BCUT2D eigenvalue weighted by molar-refractivity contribution is -0.134. The molecule has 2 amide bonds. The zero-order valence-corrected chi connectivity index (χ0v) is 16.0. The van der Waals surface area contributed by atoms with Crippen LogP contribution in [0.1, 0.15) is 18.1 Å². The molecule has 0 radical (unpaired) electrons. The highest BCUT2D eigenvalue weighted by Crippen LogP contribution is 2.18. The van der Waals surface area contributed by atoms with E-state index in [1.165, 1.54) is 11.8 Å². The summed E-state index contributed by atoms with van der Waals surface area (Å²) in [7, 11) is 3.21. The van der Waals surface area contributed by atoms with Crippen LogP contribution in [0.2, 0.25) is 0 Å². The topological polar surface area (TPSA) is 67.9 Å². The molecule has 6 nitrogen and oxygen atoms in total. The molecule has 0 aliphatic rings. The lowest BCUT2D eigenvalue weighted by atomic mass is 10.1. The monoisotopic (exact) mass is 370 g/mol. The van der Waals surface area contributed by atoms with Gasteiger partial charge in [-0.3, -0.25) is 9.59 Å². The van der Waals surface area contributed by atoms with Gasteiger partial charge in [0.05, 0.1) is 20.8 Å². The standard InChI is InChI=1S/C21H26N2O4/c1-16(24)23(13-12-17-8-4-6-10-19(17)26-2)15-21(25)22-14-18-9-5-7-11-20(18)27-3/h4-11H,12-15H2,1-3H3,(H,22,25). The number of methoxy groups -OCH3 is 2. The van der Waals surface area contributed by atoms with Crippen LogP contribution in [0, 0.1) is 0 Å². The average Bonchev–Trinajstić information content (AvgIpc) is 2.69. The molecule has 0 unspecified atom stereocenters. The lowest BCUT2D eigenvalue weighted by Crippen LogP contribution is -2.40. The number of amides is 2. The smallest absolute Gasteiger partial charge is 0.239 e. The van der Waals surface area contributed by atoms with E-state index in [9.17, 15) is 9.59 Å². The number of hydrogen-bond acceptors (Lipinski definition) is 4. The van der Waals surface area contributed by atoms with Crippen LogP contribution in [-0.2, 0) is 22.6 Å². The average molecular weight is 370 g/mol. The van der Waals surface area contributed by atoms with Crippen molar-refractivity contribution in [2.24, 2.45) is 0 Å². The number of carbonyl (C=O) groups is 2. The molecule has 6 heteroatoms. The number of para-hydroxylation sites is 2. The van der Waals surface area contributed by atoms with Crippen molar-refractivity contribution in [3.05, 3.63) is 59.7 Å².